The summed E-state index contributed by atoms with van der Waals surface area (Å²) >= 11 is 9.68. The van der Waals surface area contributed by atoms with Gasteiger partial charge in [-0.1, -0.05) is 45.7 Å². The third kappa shape index (κ3) is 5.52. The lowest BCUT2D eigenvalue weighted by Gasteiger charge is -2.13. The van der Waals surface area contributed by atoms with E-state index in [2.05, 4.69) is 31.1 Å². The van der Waals surface area contributed by atoms with Gasteiger partial charge in [-0.2, -0.15) is 5.11 Å². The summed E-state index contributed by atoms with van der Waals surface area (Å²) in [5.74, 6) is 1.38. The van der Waals surface area contributed by atoms with Gasteiger partial charge in [0.05, 0.1) is 18.6 Å². The van der Waals surface area contributed by atoms with Crippen molar-refractivity contribution in [3.63, 3.8) is 0 Å². The van der Waals surface area contributed by atoms with E-state index in [9.17, 15) is 10.1 Å². The molecule has 1 aromatic heterocycles. The van der Waals surface area contributed by atoms with E-state index in [4.69, 9.17) is 21.1 Å². The van der Waals surface area contributed by atoms with Gasteiger partial charge in [0, 0.05) is 21.1 Å². The first-order chi connectivity index (χ1) is 14.5. The third-order valence-corrected chi connectivity index (χ3v) is 5.14. The Hall–Kier alpha value is -3.04. The zero-order valence-electron chi connectivity index (χ0n) is 15.8. The standard InChI is InChI=1S/C20H16BrClN4O4/c1-29-18-8-14(10-24-25-20-7-6-15(11-23-20)26(27)28)16(21)9-19(18)30-12-13-4-2-3-5-17(13)22/h2-9,11H,10,12H2,1H3. The molecule has 1 heterocycles. The van der Waals surface area contributed by atoms with Crippen LogP contribution in [0.3, 0.4) is 0 Å². The summed E-state index contributed by atoms with van der Waals surface area (Å²) in [6.07, 6.45) is 1.14. The van der Waals surface area contributed by atoms with Crippen molar-refractivity contribution in [2.75, 3.05) is 7.11 Å². The number of nitro groups is 1. The van der Waals surface area contributed by atoms with Gasteiger partial charge in [-0.3, -0.25) is 10.1 Å². The first-order valence-electron chi connectivity index (χ1n) is 8.68. The zero-order chi connectivity index (χ0) is 21.5. The van der Waals surface area contributed by atoms with Crippen molar-refractivity contribution in [1.29, 1.82) is 0 Å². The Morgan fingerprint density at radius 1 is 1.17 bits per heavy atom. The fourth-order valence-corrected chi connectivity index (χ4v) is 3.11. The van der Waals surface area contributed by atoms with Crippen LogP contribution < -0.4 is 9.47 Å². The van der Waals surface area contributed by atoms with Crippen LogP contribution in [0.25, 0.3) is 0 Å². The predicted octanol–water partition coefficient (Wildman–Crippen LogP) is 6.28. The summed E-state index contributed by atoms with van der Waals surface area (Å²) in [4.78, 5) is 14.0. The van der Waals surface area contributed by atoms with E-state index in [1.165, 1.54) is 12.1 Å². The van der Waals surface area contributed by atoms with Gasteiger partial charge in [-0.05, 0) is 29.8 Å². The van der Waals surface area contributed by atoms with E-state index < -0.39 is 4.92 Å². The number of nitrogens with zero attached hydrogens (tertiary/aromatic N) is 4. The molecule has 0 aliphatic heterocycles. The molecule has 0 radical (unpaired) electrons. The number of methoxy groups -OCH3 is 1. The average Bonchev–Trinajstić information content (AvgIpc) is 2.74. The highest BCUT2D eigenvalue weighted by molar-refractivity contribution is 9.10. The molecule has 2 aromatic carbocycles. The molecule has 0 fully saturated rings. The molecule has 0 N–H and O–H groups in total. The number of benzene rings is 2. The highest BCUT2D eigenvalue weighted by Crippen LogP contribution is 2.35. The maximum atomic E-state index is 10.7. The van der Waals surface area contributed by atoms with Gasteiger partial charge >= 0.3 is 0 Å². The van der Waals surface area contributed by atoms with E-state index in [1.807, 2.05) is 18.2 Å². The minimum atomic E-state index is -0.521. The van der Waals surface area contributed by atoms with Crippen LogP contribution in [-0.4, -0.2) is 17.0 Å². The fraction of sp³-hybridized carbons (Fsp3) is 0.150. The lowest BCUT2D eigenvalue weighted by Crippen LogP contribution is -1.99. The van der Waals surface area contributed by atoms with E-state index in [0.717, 1.165) is 21.8 Å². The van der Waals surface area contributed by atoms with Gasteiger partial charge in [0.1, 0.15) is 12.8 Å². The van der Waals surface area contributed by atoms with Crippen LogP contribution in [-0.2, 0) is 13.2 Å². The van der Waals surface area contributed by atoms with E-state index in [-0.39, 0.29) is 18.1 Å². The average molecular weight is 492 g/mol. The van der Waals surface area contributed by atoms with E-state index in [0.29, 0.717) is 23.1 Å². The van der Waals surface area contributed by atoms with Gasteiger partial charge in [0.15, 0.2) is 17.3 Å². The fourth-order valence-electron chi connectivity index (χ4n) is 2.47. The Balaban J connectivity index is 1.70. The molecule has 0 bridgehead atoms. The van der Waals surface area contributed by atoms with Crippen molar-refractivity contribution in [2.45, 2.75) is 13.2 Å². The number of pyridine rings is 1. The van der Waals surface area contributed by atoms with Crippen LogP contribution >= 0.6 is 27.5 Å². The molecule has 0 spiro atoms. The SMILES string of the molecule is COc1cc(CN=Nc2ccc([N+](=O)[O-])cn2)c(Br)cc1OCc1ccccc1Cl. The quantitative estimate of drug-likeness (QED) is 0.210. The van der Waals surface area contributed by atoms with E-state index in [1.54, 1.807) is 25.3 Å². The van der Waals surface area contributed by atoms with Crippen LogP contribution in [0.4, 0.5) is 11.5 Å². The van der Waals surface area contributed by atoms with Gasteiger partial charge in [-0.25, -0.2) is 4.98 Å². The van der Waals surface area contributed by atoms with Crippen LogP contribution in [0.5, 0.6) is 11.5 Å². The molecule has 3 aromatic rings. The smallest absolute Gasteiger partial charge is 0.287 e. The van der Waals surface area contributed by atoms with Crippen LogP contribution in [0.15, 0.2) is 69.4 Å². The molecule has 0 saturated carbocycles. The number of hydrogen-bond acceptors (Lipinski definition) is 7. The zero-order valence-corrected chi connectivity index (χ0v) is 18.1. The molecule has 0 amide bonds. The highest BCUT2D eigenvalue weighted by atomic mass is 79.9. The molecule has 154 valence electrons. The summed E-state index contributed by atoms with van der Waals surface area (Å²) in [6, 6.07) is 13.8. The molecular weight excluding hydrogens is 476 g/mol. The molecule has 8 nitrogen and oxygen atoms in total. The number of halogens is 2. The van der Waals surface area contributed by atoms with Gasteiger partial charge in [0.2, 0.25) is 0 Å². The van der Waals surface area contributed by atoms with Gasteiger partial charge in [-0.15, -0.1) is 5.11 Å². The van der Waals surface area contributed by atoms with E-state index >= 15 is 0 Å². The minimum Gasteiger partial charge on any atom is -0.493 e. The van der Waals surface area contributed by atoms with Gasteiger partial charge in [0.25, 0.3) is 5.69 Å². The normalized spacial score (nSPS) is 10.9. The van der Waals surface area contributed by atoms with Crippen LogP contribution in [0.1, 0.15) is 11.1 Å². The number of aromatic nitrogens is 1. The molecule has 0 saturated heterocycles. The van der Waals surface area contributed by atoms with Crippen molar-refractivity contribution in [2.24, 2.45) is 10.2 Å². The maximum absolute atomic E-state index is 10.7. The summed E-state index contributed by atoms with van der Waals surface area (Å²) in [7, 11) is 1.55. The highest BCUT2D eigenvalue weighted by Gasteiger charge is 2.11. The second-order valence-corrected chi connectivity index (χ2v) is 7.27. The van der Waals surface area contributed by atoms with Crippen LogP contribution in [0, 0.1) is 10.1 Å². The summed E-state index contributed by atoms with van der Waals surface area (Å²) in [5.41, 5.74) is 1.59. The Bertz CT molecular complexity index is 1080. The molecule has 0 atom stereocenters. The molecule has 0 aliphatic rings. The number of hydrogen-bond donors (Lipinski definition) is 0. The number of azo groups is 1. The first kappa shape index (κ1) is 21.7. The van der Waals surface area contributed by atoms with Gasteiger partial charge < -0.3 is 9.47 Å². The van der Waals surface area contributed by atoms with Crippen molar-refractivity contribution in [1.82, 2.24) is 4.98 Å². The topological polar surface area (TPSA) is 99.2 Å². The summed E-state index contributed by atoms with van der Waals surface area (Å²) in [5, 5.41) is 19.4. The monoisotopic (exact) mass is 490 g/mol. The van der Waals surface area contributed by atoms with Crippen molar-refractivity contribution in [3.8, 4) is 11.5 Å². The molecular formula is C20H16BrClN4O4. The Labute approximate surface area is 185 Å². The molecule has 30 heavy (non-hydrogen) atoms. The third-order valence-electron chi connectivity index (χ3n) is 4.03. The first-order valence-corrected chi connectivity index (χ1v) is 9.85. The lowest BCUT2D eigenvalue weighted by molar-refractivity contribution is -0.385. The van der Waals surface area contributed by atoms with Crippen molar-refractivity contribution >= 4 is 39.0 Å². The van der Waals surface area contributed by atoms with Crippen LogP contribution in [0.2, 0.25) is 5.02 Å². The largest absolute Gasteiger partial charge is 0.493 e. The Morgan fingerprint density at radius 2 is 1.97 bits per heavy atom. The minimum absolute atomic E-state index is 0.103. The second kappa shape index (κ2) is 10.1. The van der Waals surface area contributed by atoms with Crippen molar-refractivity contribution in [3.05, 3.63) is 85.5 Å². The number of ether oxygens (including phenoxy) is 2. The molecule has 0 aliphatic carbocycles. The Morgan fingerprint density at radius 3 is 2.63 bits per heavy atom. The summed E-state index contributed by atoms with van der Waals surface area (Å²) < 4.78 is 12.1. The Kier molecular flexibility index (Phi) is 7.31. The lowest BCUT2D eigenvalue weighted by atomic mass is 10.2. The maximum Gasteiger partial charge on any atom is 0.287 e. The molecule has 10 heteroatoms. The summed E-state index contributed by atoms with van der Waals surface area (Å²) in [6.45, 7) is 0.549. The number of rotatable bonds is 8. The predicted molar refractivity (Wildman–Crippen MR) is 116 cm³/mol. The molecule has 0 unspecified atom stereocenters. The molecule has 3 rings (SSSR count). The van der Waals surface area contributed by atoms with Crippen molar-refractivity contribution < 1.29 is 14.4 Å². The second-order valence-electron chi connectivity index (χ2n) is 6.01.